The Labute approximate surface area is 340 Å². The smallest absolute Gasteiger partial charge is 0.300 e. The van der Waals surface area contributed by atoms with E-state index in [1.165, 1.54) is 19.1 Å². The molecule has 0 aliphatic rings. The van der Waals surface area contributed by atoms with E-state index in [9.17, 15) is 18.0 Å². The molecule has 11 nitrogen and oxygen atoms in total. The number of ether oxygens (including phenoxy) is 4. The Bertz CT molecular complexity index is 2550. The molecule has 3 heterocycles. The van der Waals surface area contributed by atoms with E-state index in [1.807, 2.05) is 109 Å². The van der Waals surface area contributed by atoms with Crippen LogP contribution in [-0.4, -0.2) is 34.3 Å². The lowest BCUT2D eigenvalue weighted by atomic mass is 10.1. The van der Waals surface area contributed by atoms with Gasteiger partial charge in [0.05, 0.1) is 14.2 Å². The van der Waals surface area contributed by atoms with E-state index in [0.29, 0.717) is 35.2 Å². The number of furan rings is 2. The van der Waals surface area contributed by atoms with E-state index in [2.05, 4.69) is 0 Å². The van der Waals surface area contributed by atoms with Gasteiger partial charge in [-0.15, -0.1) is 11.3 Å². The molecule has 3 aromatic heterocycles. The third kappa shape index (κ3) is 10.4. The van der Waals surface area contributed by atoms with Gasteiger partial charge in [-0.2, -0.15) is 0 Å². The van der Waals surface area contributed by atoms with Crippen LogP contribution in [0.5, 0.6) is 23.0 Å². The summed E-state index contributed by atoms with van der Waals surface area (Å²) in [5, 5.41) is 1.62. The first-order valence-electron chi connectivity index (χ1n) is 18.0. The van der Waals surface area contributed by atoms with E-state index in [0.717, 1.165) is 56.4 Å². The number of Topliss-reactive ketones (excluding diaryl/α,β-unsaturated/α-hetero) is 1. The monoisotopic (exact) mass is 819 g/mol. The van der Waals surface area contributed by atoms with Crippen LogP contribution in [0.15, 0.2) is 140 Å². The van der Waals surface area contributed by atoms with Crippen molar-refractivity contribution >= 4 is 33.1 Å². The van der Waals surface area contributed by atoms with Crippen molar-refractivity contribution in [3.8, 4) is 45.3 Å². The van der Waals surface area contributed by atoms with Crippen LogP contribution in [0, 0.1) is 13.8 Å². The van der Waals surface area contributed by atoms with Gasteiger partial charge in [0.15, 0.2) is 17.3 Å². The fraction of sp³-hybridized carbons (Fsp3) is 0.156. The third-order valence-electron chi connectivity index (χ3n) is 8.94. The first kappa shape index (κ1) is 41.1. The first-order chi connectivity index (χ1) is 27.9. The highest BCUT2D eigenvalue weighted by Gasteiger charge is 2.23. The van der Waals surface area contributed by atoms with Gasteiger partial charge in [-0.05, 0) is 108 Å². The number of ketones is 1. The Morgan fingerprint density at radius 3 is 1.36 bits per heavy atom. The fourth-order valence-corrected chi connectivity index (χ4v) is 7.58. The van der Waals surface area contributed by atoms with Crippen LogP contribution >= 0.6 is 11.3 Å². The fourth-order valence-electron chi connectivity index (χ4n) is 5.63. The molecule has 0 radical (unpaired) electrons. The quantitative estimate of drug-likeness (QED) is 0.105. The minimum Gasteiger partial charge on any atom is -0.497 e. The summed E-state index contributed by atoms with van der Waals surface area (Å²) in [4.78, 5) is 23.7. The average molecular weight is 820 g/mol. The van der Waals surface area contributed by atoms with Gasteiger partial charge >= 0.3 is 5.91 Å². The Morgan fingerprint density at radius 1 is 0.603 bits per heavy atom. The number of benzene rings is 4. The van der Waals surface area contributed by atoms with E-state index in [4.69, 9.17) is 27.8 Å². The summed E-state index contributed by atoms with van der Waals surface area (Å²) in [6.45, 7) is 5.54. The van der Waals surface area contributed by atoms with Crippen LogP contribution in [0.2, 0.25) is 0 Å². The van der Waals surface area contributed by atoms with Gasteiger partial charge in [0, 0.05) is 18.1 Å². The van der Waals surface area contributed by atoms with Gasteiger partial charge in [-0.25, -0.2) is 13.1 Å². The molecule has 58 heavy (non-hydrogen) atoms. The molecule has 0 fully saturated rings. The number of carbonyl (C=O) groups is 2. The molecule has 7 aromatic rings. The van der Waals surface area contributed by atoms with E-state index in [1.54, 1.807) is 38.7 Å². The Hall–Kier alpha value is -6.57. The van der Waals surface area contributed by atoms with Gasteiger partial charge in [0.2, 0.25) is 0 Å². The maximum absolute atomic E-state index is 12.4. The van der Waals surface area contributed by atoms with Gasteiger partial charge in [0.1, 0.15) is 51.9 Å². The number of aryl methyl sites for hydroxylation is 2. The van der Waals surface area contributed by atoms with Gasteiger partial charge in [-0.3, -0.25) is 9.59 Å². The molecule has 0 saturated heterocycles. The van der Waals surface area contributed by atoms with Crippen LogP contribution in [0.3, 0.4) is 0 Å². The van der Waals surface area contributed by atoms with Crippen molar-refractivity contribution in [2.75, 3.05) is 14.2 Å². The summed E-state index contributed by atoms with van der Waals surface area (Å²) >= 11 is 1.02. The van der Waals surface area contributed by atoms with Gasteiger partial charge in [0.25, 0.3) is 10.0 Å². The highest BCUT2D eigenvalue weighted by molar-refractivity contribution is 7.92. The molecule has 0 atom stereocenters. The molecule has 1 N–H and O–H groups in total. The first-order valence-corrected chi connectivity index (χ1v) is 20.3. The number of rotatable bonds is 14. The molecule has 13 heteroatoms. The predicted octanol–water partition coefficient (Wildman–Crippen LogP) is 10.1. The van der Waals surface area contributed by atoms with Crippen molar-refractivity contribution in [3.63, 3.8) is 0 Å². The van der Waals surface area contributed by atoms with Crippen molar-refractivity contribution in [1.82, 2.24) is 4.72 Å². The van der Waals surface area contributed by atoms with Crippen LogP contribution in [0.4, 0.5) is 0 Å². The summed E-state index contributed by atoms with van der Waals surface area (Å²) in [6, 6.07) is 37.4. The van der Waals surface area contributed by atoms with Crippen molar-refractivity contribution in [2.24, 2.45) is 0 Å². The lowest BCUT2D eigenvalue weighted by molar-refractivity contribution is 0.0951. The van der Waals surface area contributed by atoms with Crippen molar-refractivity contribution in [3.05, 3.63) is 161 Å². The number of carbonyl (C=O) groups excluding carboxylic acids is 2. The minimum atomic E-state index is -3.93. The number of hydrogen-bond acceptors (Lipinski definition) is 11. The highest BCUT2D eigenvalue weighted by Crippen LogP contribution is 2.27. The maximum Gasteiger partial charge on any atom is 0.300 e. The minimum absolute atomic E-state index is 0.0563. The molecule has 0 spiro atoms. The number of amides is 1. The summed E-state index contributed by atoms with van der Waals surface area (Å²) in [7, 11) is -0.648. The molecule has 0 aliphatic heterocycles. The zero-order valence-electron chi connectivity index (χ0n) is 32.4. The number of sulfonamides is 1. The third-order valence-corrected chi connectivity index (χ3v) is 11.7. The van der Waals surface area contributed by atoms with Gasteiger partial charge < -0.3 is 27.8 Å². The number of nitrogens with one attached hydrogen (secondary N) is 1. The van der Waals surface area contributed by atoms with Crippen LogP contribution in [0.1, 0.15) is 50.7 Å². The second-order valence-corrected chi connectivity index (χ2v) is 15.7. The summed E-state index contributed by atoms with van der Waals surface area (Å²) < 4.78 is 59.4. The summed E-state index contributed by atoms with van der Waals surface area (Å²) in [5.41, 5.74) is 5.84. The molecule has 1 amide bonds. The Kier molecular flexibility index (Phi) is 13.2. The average Bonchev–Trinajstić information content (AvgIpc) is 4.01. The van der Waals surface area contributed by atoms with Crippen LogP contribution < -0.4 is 23.7 Å². The number of methoxy groups -OCH3 is 2. The molecular weight excluding hydrogens is 779 g/mol. The Balaban J connectivity index is 0.000000203. The molecule has 0 aliphatic carbocycles. The second kappa shape index (κ2) is 18.6. The summed E-state index contributed by atoms with van der Waals surface area (Å²) in [6.07, 6.45) is 0. The van der Waals surface area contributed by atoms with Crippen LogP contribution in [-0.2, 0) is 23.2 Å². The Morgan fingerprint density at radius 2 is 1.00 bits per heavy atom. The summed E-state index contributed by atoms with van der Waals surface area (Å²) in [5.74, 6) is 3.59. The molecule has 4 aromatic carbocycles. The van der Waals surface area contributed by atoms with Crippen molar-refractivity contribution < 1.29 is 45.8 Å². The molecular formula is C45H41NO10S2. The SMILES string of the molecule is COc1ccc(-c2ccc(OCc3cc(C(=O)NS(=O)(=O)c4cccs4)oc3C)cc2)cc1.COc1ccc(-c2ccc(OCc3cc(C(C)=O)oc3C)cc2)cc1. The predicted molar refractivity (Wildman–Crippen MR) is 221 cm³/mol. The number of thiophene rings is 1. The second-order valence-electron chi connectivity index (χ2n) is 12.9. The number of hydrogen-bond donors (Lipinski definition) is 1. The lowest BCUT2D eigenvalue weighted by Gasteiger charge is -2.07. The largest absolute Gasteiger partial charge is 0.497 e. The van der Waals surface area contributed by atoms with E-state index in [-0.39, 0.29) is 22.4 Å². The van der Waals surface area contributed by atoms with E-state index < -0.39 is 15.9 Å². The molecule has 0 saturated carbocycles. The zero-order chi connectivity index (χ0) is 41.2. The topological polar surface area (TPSA) is 144 Å². The van der Waals surface area contributed by atoms with E-state index >= 15 is 0 Å². The zero-order valence-corrected chi connectivity index (χ0v) is 34.1. The van der Waals surface area contributed by atoms with Crippen molar-refractivity contribution in [2.45, 2.75) is 38.2 Å². The maximum atomic E-state index is 12.4. The normalized spacial score (nSPS) is 10.9. The van der Waals surface area contributed by atoms with Crippen molar-refractivity contribution in [1.29, 1.82) is 0 Å². The highest BCUT2D eigenvalue weighted by atomic mass is 32.2. The molecule has 0 bridgehead atoms. The molecule has 7 rings (SSSR count). The molecule has 298 valence electrons. The standard InChI is InChI=1S/C24H21NO6S2.C21H20O4/c1-16-19(14-22(31-16)24(26)25-33(27,28)23-4-3-13-32-23)15-30-21-11-7-18(8-12-21)17-5-9-20(29-2)10-6-17;1-14(22)21-12-18(15(2)25-21)13-24-20-10-6-17(7-11-20)16-4-8-19(23-3)9-5-16/h3-14H,15H2,1-2H3,(H,25,26);4-12H,13H2,1-3H3. The van der Waals surface area contributed by atoms with Crippen LogP contribution in [0.25, 0.3) is 22.3 Å². The lowest BCUT2D eigenvalue weighted by Crippen LogP contribution is -2.29. The molecule has 0 unspecified atom stereocenters. The van der Waals surface area contributed by atoms with Gasteiger partial charge in [-0.1, -0.05) is 54.6 Å².